The Morgan fingerprint density at radius 3 is 2.72 bits per heavy atom. The number of nitrogens with zero attached hydrogens (tertiary/aromatic N) is 2. The fraction of sp³-hybridized carbons (Fsp3) is 1.00. The zero-order chi connectivity index (χ0) is 13.0. The number of likely N-dealkylation sites (tertiary alicyclic amines) is 1. The molecule has 2 rings (SSSR count). The van der Waals surface area contributed by atoms with Crippen molar-refractivity contribution in [1.29, 1.82) is 0 Å². The molecule has 1 N–H and O–H groups in total. The van der Waals surface area contributed by atoms with E-state index in [0.29, 0.717) is 6.04 Å². The number of hydrogen-bond acceptors (Lipinski definition) is 3. The van der Waals surface area contributed by atoms with Crippen molar-refractivity contribution < 1.29 is 0 Å². The maximum Gasteiger partial charge on any atom is 0.0110 e. The van der Waals surface area contributed by atoms with E-state index in [2.05, 4.69) is 36.0 Å². The van der Waals surface area contributed by atoms with E-state index in [1.54, 1.807) is 0 Å². The van der Waals surface area contributed by atoms with E-state index < -0.39 is 0 Å². The van der Waals surface area contributed by atoms with Crippen molar-refractivity contribution in [3.63, 3.8) is 0 Å². The van der Waals surface area contributed by atoms with Crippen LogP contribution >= 0.6 is 0 Å². The van der Waals surface area contributed by atoms with Gasteiger partial charge in [-0.25, -0.2) is 0 Å². The van der Waals surface area contributed by atoms with E-state index in [1.165, 1.54) is 51.9 Å². The molecule has 0 aromatic heterocycles. The van der Waals surface area contributed by atoms with Gasteiger partial charge in [-0.05, 0) is 58.7 Å². The van der Waals surface area contributed by atoms with Crippen molar-refractivity contribution >= 4 is 0 Å². The van der Waals surface area contributed by atoms with Crippen LogP contribution in [0.2, 0.25) is 0 Å². The van der Waals surface area contributed by atoms with Crippen LogP contribution in [0.15, 0.2) is 0 Å². The molecular weight excluding hydrogens is 222 g/mol. The summed E-state index contributed by atoms with van der Waals surface area (Å²) in [6.07, 6.45) is 5.63. The molecule has 0 amide bonds. The molecule has 0 bridgehead atoms. The van der Waals surface area contributed by atoms with Crippen molar-refractivity contribution in [2.45, 2.75) is 51.6 Å². The van der Waals surface area contributed by atoms with Crippen molar-refractivity contribution in [2.75, 3.05) is 39.8 Å². The third kappa shape index (κ3) is 4.22. The minimum absolute atomic E-state index is 0.672. The van der Waals surface area contributed by atoms with E-state index >= 15 is 0 Å². The van der Waals surface area contributed by atoms with Gasteiger partial charge in [0.1, 0.15) is 0 Å². The van der Waals surface area contributed by atoms with Gasteiger partial charge in [0.15, 0.2) is 0 Å². The molecule has 106 valence electrons. The van der Waals surface area contributed by atoms with Crippen LogP contribution in [0.1, 0.15) is 39.5 Å². The van der Waals surface area contributed by atoms with Gasteiger partial charge in [0, 0.05) is 31.7 Å². The summed E-state index contributed by atoms with van der Waals surface area (Å²) in [5.74, 6) is 0.847. The topological polar surface area (TPSA) is 18.5 Å². The Balaban J connectivity index is 1.62. The van der Waals surface area contributed by atoms with E-state index in [-0.39, 0.29) is 0 Å². The van der Waals surface area contributed by atoms with Crippen LogP contribution in [0.3, 0.4) is 0 Å². The molecular formula is C15H31N3. The van der Waals surface area contributed by atoms with Crippen molar-refractivity contribution in [2.24, 2.45) is 5.92 Å². The molecule has 0 spiro atoms. The quantitative estimate of drug-likeness (QED) is 0.746. The largest absolute Gasteiger partial charge is 0.313 e. The first-order valence-electron chi connectivity index (χ1n) is 7.86. The number of rotatable bonds is 7. The molecule has 1 heterocycles. The highest BCUT2D eigenvalue weighted by molar-refractivity contribution is 4.85. The van der Waals surface area contributed by atoms with Crippen LogP contribution < -0.4 is 5.32 Å². The van der Waals surface area contributed by atoms with Crippen LogP contribution in [0.4, 0.5) is 0 Å². The summed E-state index contributed by atoms with van der Waals surface area (Å²) >= 11 is 0. The molecule has 2 aliphatic rings. The molecule has 0 aromatic rings. The van der Waals surface area contributed by atoms with Crippen LogP contribution in [0.25, 0.3) is 0 Å². The summed E-state index contributed by atoms with van der Waals surface area (Å²) in [5, 5.41) is 3.75. The second kappa shape index (κ2) is 6.88. The molecule has 0 radical (unpaired) electrons. The fourth-order valence-corrected chi connectivity index (χ4v) is 3.26. The summed E-state index contributed by atoms with van der Waals surface area (Å²) in [4.78, 5) is 5.11. The van der Waals surface area contributed by atoms with E-state index in [1.807, 2.05) is 0 Å². The first-order valence-corrected chi connectivity index (χ1v) is 7.86. The minimum atomic E-state index is 0.672. The Hall–Kier alpha value is -0.120. The first kappa shape index (κ1) is 14.3. The average Bonchev–Trinajstić information content (AvgIpc) is 3.18. The summed E-state index contributed by atoms with van der Waals surface area (Å²) in [7, 11) is 2.25. The molecule has 0 aromatic carbocycles. The van der Waals surface area contributed by atoms with Gasteiger partial charge in [-0.15, -0.1) is 0 Å². The van der Waals surface area contributed by atoms with Gasteiger partial charge in [-0.3, -0.25) is 4.90 Å². The molecule has 1 saturated carbocycles. The lowest BCUT2D eigenvalue weighted by Gasteiger charge is -2.34. The lowest BCUT2D eigenvalue weighted by atomic mass is 9.92. The summed E-state index contributed by atoms with van der Waals surface area (Å²) in [6, 6.07) is 1.58. The Kier molecular flexibility index (Phi) is 5.46. The first-order chi connectivity index (χ1) is 8.70. The third-order valence-electron chi connectivity index (χ3n) is 4.70. The Bertz CT molecular complexity index is 240. The van der Waals surface area contributed by atoms with Gasteiger partial charge in [0.2, 0.25) is 0 Å². The Morgan fingerprint density at radius 1 is 1.33 bits per heavy atom. The fourth-order valence-electron chi connectivity index (χ4n) is 3.26. The second-order valence-corrected chi connectivity index (χ2v) is 6.27. The van der Waals surface area contributed by atoms with Crippen molar-refractivity contribution in [3.8, 4) is 0 Å². The van der Waals surface area contributed by atoms with Gasteiger partial charge in [0.05, 0.1) is 0 Å². The van der Waals surface area contributed by atoms with Gasteiger partial charge in [-0.2, -0.15) is 0 Å². The van der Waals surface area contributed by atoms with E-state index in [0.717, 1.165) is 18.5 Å². The van der Waals surface area contributed by atoms with Crippen molar-refractivity contribution in [3.05, 3.63) is 0 Å². The van der Waals surface area contributed by atoms with Crippen LogP contribution in [0, 0.1) is 5.92 Å². The van der Waals surface area contributed by atoms with Crippen LogP contribution in [-0.4, -0.2) is 61.7 Å². The van der Waals surface area contributed by atoms with Gasteiger partial charge >= 0.3 is 0 Å². The lowest BCUT2D eigenvalue weighted by Crippen LogP contribution is -2.45. The predicted octanol–water partition coefficient (Wildman–Crippen LogP) is 1.79. The standard InChI is InChI=1S/C15H31N3/c1-4-18(15-7-8-15)11-9-16-13(2)14-6-5-10-17(3)12-14/h13-16H,4-12H2,1-3H3. The zero-order valence-corrected chi connectivity index (χ0v) is 12.5. The van der Waals surface area contributed by atoms with Crippen molar-refractivity contribution in [1.82, 2.24) is 15.1 Å². The minimum Gasteiger partial charge on any atom is -0.313 e. The Labute approximate surface area is 113 Å². The van der Waals surface area contributed by atoms with Crippen LogP contribution in [0.5, 0.6) is 0 Å². The van der Waals surface area contributed by atoms with Gasteiger partial charge in [-0.1, -0.05) is 6.92 Å². The average molecular weight is 253 g/mol. The van der Waals surface area contributed by atoms with E-state index in [4.69, 9.17) is 0 Å². The molecule has 3 heteroatoms. The smallest absolute Gasteiger partial charge is 0.0110 e. The van der Waals surface area contributed by atoms with Gasteiger partial charge in [0.25, 0.3) is 0 Å². The predicted molar refractivity (Wildman–Crippen MR) is 78.0 cm³/mol. The number of likely N-dealkylation sites (N-methyl/N-ethyl adjacent to an activating group) is 1. The molecule has 2 atom stereocenters. The Morgan fingerprint density at radius 2 is 2.11 bits per heavy atom. The SMILES string of the molecule is CCN(CCNC(C)C1CCCN(C)C1)C1CC1. The normalized spacial score (nSPS) is 27.7. The zero-order valence-electron chi connectivity index (χ0n) is 12.5. The number of nitrogens with one attached hydrogen (secondary N) is 1. The molecule has 1 aliphatic heterocycles. The van der Waals surface area contributed by atoms with E-state index in [9.17, 15) is 0 Å². The maximum absolute atomic E-state index is 3.75. The summed E-state index contributed by atoms with van der Waals surface area (Å²) in [5.41, 5.74) is 0. The summed E-state index contributed by atoms with van der Waals surface area (Å²) < 4.78 is 0. The highest BCUT2D eigenvalue weighted by Gasteiger charge is 2.27. The molecule has 2 fully saturated rings. The maximum atomic E-state index is 3.75. The van der Waals surface area contributed by atoms with Gasteiger partial charge < -0.3 is 10.2 Å². The highest BCUT2D eigenvalue weighted by atomic mass is 15.2. The number of piperidine rings is 1. The summed E-state index contributed by atoms with van der Waals surface area (Å²) in [6.45, 7) is 10.8. The monoisotopic (exact) mass is 253 g/mol. The lowest BCUT2D eigenvalue weighted by molar-refractivity contribution is 0.175. The molecule has 1 saturated heterocycles. The van der Waals surface area contributed by atoms with Crippen LogP contribution in [-0.2, 0) is 0 Å². The number of hydrogen-bond donors (Lipinski definition) is 1. The molecule has 1 aliphatic carbocycles. The molecule has 2 unspecified atom stereocenters. The molecule has 18 heavy (non-hydrogen) atoms. The second-order valence-electron chi connectivity index (χ2n) is 6.27. The molecule has 3 nitrogen and oxygen atoms in total. The third-order valence-corrected chi connectivity index (χ3v) is 4.70. The highest BCUT2D eigenvalue weighted by Crippen LogP contribution is 2.26.